The minimum Gasteiger partial charge on any atom is -0.398 e. The second-order valence-electron chi connectivity index (χ2n) is 4.32. The van der Waals surface area contributed by atoms with Gasteiger partial charge in [0.15, 0.2) is 0 Å². The maximum Gasteiger partial charge on any atom is 0.262 e. The molecule has 0 atom stereocenters. The van der Waals surface area contributed by atoms with E-state index in [0.29, 0.717) is 30.9 Å². The number of hydrogen-bond acceptors (Lipinski definition) is 3. The van der Waals surface area contributed by atoms with Gasteiger partial charge in [-0.3, -0.25) is 4.72 Å². The van der Waals surface area contributed by atoms with Crippen LogP contribution >= 0.6 is 43.5 Å². The highest BCUT2D eigenvalue weighted by molar-refractivity contribution is 9.11. The number of anilines is 2. The molecule has 0 amide bonds. The summed E-state index contributed by atoms with van der Waals surface area (Å²) in [6.07, 6.45) is 0. The molecule has 8 heteroatoms. The Morgan fingerprint density at radius 3 is 2.29 bits per heavy atom. The molecule has 0 bridgehead atoms. The summed E-state index contributed by atoms with van der Waals surface area (Å²) in [5, 5.41) is 0.307. The number of sulfonamides is 1. The monoisotopic (exact) mass is 452 g/mol. The normalized spacial score (nSPS) is 11.4. The van der Waals surface area contributed by atoms with Gasteiger partial charge >= 0.3 is 0 Å². The first-order valence-electron chi connectivity index (χ1n) is 5.75. The molecule has 0 heterocycles. The molecule has 0 fully saturated rings. The number of rotatable bonds is 3. The summed E-state index contributed by atoms with van der Waals surface area (Å²) in [5.74, 6) is 0. The third-order valence-corrected chi connectivity index (χ3v) is 5.91. The van der Waals surface area contributed by atoms with E-state index in [1.165, 1.54) is 12.1 Å². The number of halogens is 3. The van der Waals surface area contributed by atoms with Crippen LogP contribution in [0.2, 0.25) is 5.02 Å². The summed E-state index contributed by atoms with van der Waals surface area (Å²) in [7, 11) is -3.79. The predicted molar refractivity (Wildman–Crippen MR) is 93.3 cm³/mol. The molecule has 0 aliphatic heterocycles. The lowest BCUT2D eigenvalue weighted by Crippen LogP contribution is -2.14. The second-order valence-corrected chi connectivity index (χ2v) is 8.12. The Morgan fingerprint density at radius 2 is 1.76 bits per heavy atom. The fraction of sp³-hybridized carbons (Fsp3) is 0.0769. The first-order chi connectivity index (χ1) is 9.72. The molecule has 0 saturated heterocycles. The molecule has 0 aliphatic rings. The van der Waals surface area contributed by atoms with Gasteiger partial charge in [0.2, 0.25) is 0 Å². The summed E-state index contributed by atoms with van der Waals surface area (Å²) in [4.78, 5) is 0.0123. The standard InChI is InChI=1S/C13H11Br2ClN2O2S/c1-7-11(16)5-8(6-12(7)17)21(19,20)18-13-9(14)3-2-4-10(13)15/h2-6,18H,17H2,1H3. The number of para-hydroxylation sites is 1. The van der Waals surface area contributed by atoms with Crippen LogP contribution in [0.4, 0.5) is 11.4 Å². The zero-order valence-electron chi connectivity index (χ0n) is 10.8. The Balaban J connectivity index is 2.49. The van der Waals surface area contributed by atoms with Crippen LogP contribution in [0.1, 0.15) is 5.56 Å². The number of benzene rings is 2. The first-order valence-corrected chi connectivity index (χ1v) is 9.19. The van der Waals surface area contributed by atoms with Crippen molar-refractivity contribution in [3.05, 3.63) is 49.9 Å². The van der Waals surface area contributed by atoms with Crippen LogP contribution in [-0.4, -0.2) is 8.42 Å². The predicted octanol–water partition coefficient (Wildman–Crippen LogP) is 4.56. The van der Waals surface area contributed by atoms with E-state index in [0.717, 1.165) is 0 Å². The average Bonchev–Trinajstić information content (AvgIpc) is 2.40. The molecule has 112 valence electrons. The van der Waals surface area contributed by atoms with E-state index in [9.17, 15) is 8.42 Å². The summed E-state index contributed by atoms with van der Waals surface area (Å²) >= 11 is 12.6. The summed E-state index contributed by atoms with van der Waals surface area (Å²) < 4.78 is 28.7. The molecule has 4 nitrogen and oxygen atoms in total. The molecule has 0 saturated carbocycles. The third kappa shape index (κ3) is 3.53. The topological polar surface area (TPSA) is 72.2 Å². The number of nitrogens with one attached hydrogen (secondary N) is 1. The van der Waals surface area contributed by atoms with Gasteiger partial charge in [0.05, 0.1) is 10.6 Å². The van der Waals surface area contributed by atoms with Crippen molar-refractivity contribution in [2.75, 3.05) is 10.5 Å². The maximum absolute atomic E-state index is 12.5. The Kier molecular flexibility index (Phi) is 4.87. The molecule has 2 aromatic rings. The largest absolute Gasteiger partial charge is 0.398 e. The lowest BCUT2D eigenvalue weighted by Gasteiger charge is -2.13. The van der Waals surface area contributed by atoms with Crippen molar-refractivity contribution >= 4 is 64.9 Å². The Bertz CT molecular complexity index is 767. The molecule has 21 heavy (non-hydrogen) atoms. The molecule has 3 N–H and O–H groups in total. The Morgan fingerprint density at radius 1 is 1.19 bits per heavy atom. The van der Waals surface area contributed by atoms with Gasteiger partial charge in [-0.2, -0.15) is 0 Å². The second kappa shape index (κ2) is 6.16. The van der Waals surface area contributed by atoms with Crippen molar-refractivity contribution in [3.63, 3.8) is 0 Å². The highest BCUT2D eigenvalue weighted by Gasteiger charge is 2.19. The zero-order chi connectivity index (χ0) is 15.8. The number of hydrogen-bond donors (Lipinski definition) is 2. The molecule has 2 rings (SSSR count). The van der Waals surface area contributed by atoms with Crippen molar-refractivity contribution in [1.82, 2.24) is 0 Å². The Labute approximate surface area is 145 Å². The molecule has 0 aliphatic carbocycles. The lowest BCUT2D eigenvalue weighted by atomic mass is 10.2. The SMILES string of the molecule is Cc1c(N)cc(S(=O)(=O)Nc2c(Br)cccc2Br)cc1Cl. The summed E-state index contributed by atoms with van der Waals surface area (Å²) in [5.41, 5.74) is 7.16. The van der Waals surface area contributed by atoms with Crippen LogP contribution in [0.5, 0.6) is 0 Å². The van der Waals surface area contributed by atoms with Gasteiger partial charge in [0.25, 0.3) is 10.0 Å². The van der Waals surface area contributed by atoms with E-state index in [1.807, 2.05) is 0 Å². The van der Waals surface area contributed by atoms with Crippen LogP contribution in [0.3, 0.4) is 0 Å². The number of nitrogens with two attached hydrogens (primary N) is 1. The van der Waals surface area contributed by atoms with Gasteiger partial charge in [0, 0.05) is 19.7 Å². The van der Waals surface area contributed by atoms with Gasteiger partial charge in [0.1, 0.15) is 0 Å². The minimum atomic E-state index is -3.79. The van der Waals surface area contributed by atoms with E-state index in [1.54, 1.807) is 25.1 Å². The van der Waals surface area contributed by atoms with E-state index >= 15 is 0 Å². The van der Waals surface area contributed by atoms with Crippen LogP contribution < -0.4 is 10.5 Å². The number of nitrogen functional groups attached to an aromatic ring is 1. The molecule has 0 unspecified atom stereocenters. The highest BCUT2D eigenvalue weighted by atomic mass is 79.9. The average molecular weight is 455 g/mol. The molecule has 2 aromatic carbocycles. The van der Waals surface area contributed by atoms with Crippen molar-refractivity contribution in [2.45, 2.75) is 11.8 Å². The minimum absolute atomic E-state index is 0.0123. The molecule has 0 radical (unpaired) electrons. The fourth-order valence-corrected chi connectivity index (χ4v) is 4.53. The van der Waals surface area contributed by atoms with Crippen molar-refractivity contribution in [1.29, 1.82) is 0 Å². The van der Waals surface area contributed by atoms with Crippen LogP contribution in [0, 0.1) is 6.92 Å². The van der Waals surface area contributed by atoms with E-state index in [4.69, 9.17) is 17.3 Å². The van der Waals surface area contributed by atoms with E-state index < -0.39 is 10.0 Å². The first kappa shape index (κ1) is 16.6. The molecule has 0 spiro atoms. The molecular weight excluding hydrogens is 443 g/mol. The summed E-state index contributed by atoms with van der Waals surface area (Å²) in [6.45, 7) is 1.73. The van der Waals surface area contributed by atoms with Crippen LogP contribution in [0.15, 0.2) is 44.2 Å². The van der Waals surface area contributed by atoms with Gasteiger partial charge in [-0.1, -0.05) is 17.7 Å². The fourth-order valence-electron chi connectivity index (χ4n) is 1.62. The smallest absolute Gasteiger partial charge is 0.262 e. The van der Waals surface area contributed by atoms with Gasteiger partial charge in [-0.05, 0) is 68.6 Å². The summed E-state index contributed by atoms with van der Waals surface area (Å²) in [6, 6.07) is 8.01. The highest BCUT2D eigenvalue weighted by Crippen LogP contribution is 2.33. The maximum atomic E-state index is 12.5. The van der Waals surface area contributed by atoms with Crippen LogP contribution in [0.25, 0.3) is 0 Å². The quantitative estimate of drug-likeness (QED) is 0.668. The van der Waals surface area contributed by atoms with Crippen molar-refractivity contribution < 1.29 is 8.42 Å². The zero-order valence-corrected chi connectivity index (χ0v) is 15.6. The van der Waals surface area contributed by atoms with Crippen molar-refractivity contribution in [3.8, 4) is 0 Å². The van der Waals surface area contributed by atoms with Gasteiger partial charge in [-0.15, -0.1) is 0 Å². The molecular formula is C13H11Br2ClN2O2S. The third-order valence-electron chi connectivity index (χ3n) is 2.87. The van der Waals surface area contributed by atoms with Gasteiger partial charge in [-0.25, -0.2) is 8.42 Å². The van der Waals surface area contributed by atoms with E-state index in [2.05, 4.69) is 36.6 Å². The Hall–Kier alpha value is -0.760. The van der Waals surface area contributed by atoms with Crippen molar-refractivity contribution in [2.24, 2.45) is 0 Å². The molecule has 0 aromatic heterocycles. The van der Waals surface area contributed by atoms with E-state index in [-0.39, 0.29) is 4.90 Å². The van der Waals surface area contributed by atoms with Gasteiger partial charge < -0.3 is 5.73 Å². The van der Waals surface area contributed by atoms with Crippen LogP contribution in [-0.2, 0) is 10.0 Å². The lowest BCUT2D eigenvalue weighted by molar-refractivity contribution is 0.601.